The third-order valence-corrected chi connectivity index (χ3v) is 7.09. The number of nitrogens with one attached hydrogen (secondary N) is 3. The highest BCUT2D eigenvalue weighted by atomic mass is 16.2. The monoisotopic (exact) mass is 425 g/mol. The Morgan fingerprint density at radius 3 is 2.65 bits per heavy atom. The van der Waals surface area contributed by atoms with Crippen molar-refractivity contribution in [3.63, 3.8) is 0 Å². The van der Waals surface area contributed by atoms with Crippen LogP contribution in [0.25, 0.3) is 0 Å². The first-order valence-electron chi connectivity index (χ1n) is 11.0. The Hall–Kier alpha value is -2.78. The maximum absolute atomic E-state index is 12.9. The molecule has 1 atom stereocenters. The van der Waals surface area contributed by atoms with Gasteiger partial charge in [-0.25, -0.2) is 0 Å². The number of imide groups is 1. The highest BCUT2D eigenvalue weighted by Crippen LogP contribution is 2.32. The van der Waals surface area contributed by atoms with Crippen molar-refractivity contribution >= 4 is 23.6 Å². The van der Waals surface area contributed by atoms with Crippen LogP contribution in [-0.2, 0) is 27.5 Å². The van der Waals surface area contributed by atoms with Crippen LogP contribution in [0.2, 0.25) is 0 Å². The SMILES string of the molecule is O=C1CCC(N2Cc3cc(CN4CCNC(=O)C45CCNCC5)ccc3C2=O)C(=O)N1. The first-order chi connectivity index (χ1) is 15.0. The maximum atomic E-state index is 12.9. The van der Waals surface area contributed by atoms with Crippen molar-refractivity contribution in [1.82, 2.24) is 25.8 Å². The average molecular weight is 425 g/mol. The Labute approximate surface area is 180 Å². The Morgan fingerprint density at radius 1 is 1.06 bits per heavy atom. The number of nitrogens with zero attached hydrogens (tertiary/aromatic N) is 2. The number of rotatable bonds is 3. The van der Waals surface area contributed by atoms with Gasteiger partial charge in [0.1, 0.15) is 11.6 Å². The summed E-state index contributed by atoms with van der Waals surface area (Å²) in [5.74, 6) is -0.737. The lowest BCUT2D eigenvalue weighted by Crippen LogP contribution is -2.67. The minimum absolute atomic E-state index is 0.112. The third-order valence-electron chi connectivity index (χ3n) is 7.09. The number of piperazine rings is 1. The van der Waals surface area contributed by atoms with Crippen LogP contribution in [0.15, 0.2) is 18.2 Å². The number of carbonyl (C=O) groups is 4. The standard InChI is InChI=1S/C22H27N5O4/c28-18-4-3-17(19(29)25-18)27-13-15-11-14(1-2-16(15)20(27)30)12-26-10-9-24-21(31)22(26)5-7-23-8-6-22/h1-2,11,17,23H,3-10,12-13H2,(H,24,31)(H,25,28,29). The molecule has 1 aromatic rings. The molecule has 164 valence electrons. The van der Waals surface area contributed by atoms with E-state index in [0.717, 1.165) is 43.6 Å². The second-order valence-electron chi connectivity index (χ2n) is 8.85. The van der Waals surface area contributed by atoms with Gasteiger partial charge in [0.25, 0.3) is 5.91 Å². The molecule has 3 N–H and O–H groups in total. The van der Waals surface area contributed by atoms with Crippen molar-refractivity contribution in [2.75, 3.05) is 26.2 Å². The Bertz CT molecular complexity index is 955. The molecule has 4 aliphatic heterocycles. The fourth-order valence-corrected chi connectivity index (χ4v) is 5.39. The van der Waals surface area contributed by atoms with Gasteiger partial charge in [-0.05, 0) is 49.5 Å². The topological polar surface area (TPSA) is 111 Å². The van der Waals surface area contributed by atoms with Crippen LogP contribution < -0.4 is 16.0 Å². The van der Waals surface area contributed by atoms with Gasteiger partial charge in [0.2, 0.25) is 17.7 Å². The van der Waals surface area contributed by atoms with Crippen LogP contribution in [0.1, 0.15) is 47.2 Å². The van der Waals surface area contributed by atoms with Crippen molar-refractivity contribution in [3.8, 4) is 0 Å². The predicted molar refractivity (Wildman–Crippen MR) is 111 cm³/mol. The molecule has 0 saturated carbocycles. The molecule has 4 aliphatic rings. The number of piperidine rings is 2. The number of hydrogen-bond donors (Lipinski definition) is 3. The van der Waals surface area contributed by atoms with Gasteiger partial charge in [0, 0.05) is 38.2 Å². The molecule has 5 rings (SSSR count). The van der Waals surface area contributed by atoms with Crippen molar-refractivity contribution in [2.24, 2.45) is 0 Å². The Morgan fingerprint density at radius 2 is 1.87 bits per heavy atom. The van der Waals surface area contributed by atoms with Gasteiger partial charge in [0.15, 0.2) is 0 Å². The molecule has 0 aliphatic carbocycles. The molecule has 1 aromatic carbocycles. The molecule has 9 heteroatoms. The van der Waals surface area contributed by atoms with E-state index in [0.29, 0.717) is 31.6 Å². The van der Waals surface area contributed by atoms with Crippen LogP contribution in [0.5, 0.6) is 0 Å². The minimum Gasteiger partial charge on any atom is -0.353 e. The fraction of sp³-hybridized carbons (Fsp3) is 0.545. The number of benzene rings is 1. The molecule has 0 aromatic heterocycles. The zero-order chi connectivity index (χ0) is 21.6. The zero-order valence-corrected chi connectivity index (χ0v) is 17.4. The van der Waals surface area contributed by atoms with E-state index >= 15 is 0 Å². The lowest BCUT2D eigenvalue weighted by molar-refractivity contribution is -0.140. The van der Waals surface area contributed by atoms with E-state index in [1.807, 2.05) is 18.2 Å². The number of fused-ring (bicyclic) bond motifs is 1. The van der Waals surface area contributed by atoms with Crippen LogP contribution in [0.3, 0.4) is 0 Å². The van der Waals surface area contributed by atoms with E-state index < -0.39 is 17.5 Å². The number of hydrogen-bond acceptors (Lipinski definition) is 6. The largest absolute Gasteiger partial charge is 0.353 e. The lowest BCUT2D eigenvalue weighted by atomic mass is 9.83. The normalized spacial score (nSPS) is 26.1. The third kappa shape index (κ3) is 3.41. The molecular weight excluding hydrogens is 398 g/mol. The molecule has 31 heavy (non-hydrogen) atoms. The van der Waals surface area contributed by atoms with E-state index in [1.165, 1.54) is 0 Å². The molecule has 4 amide bonds. The maximum Gasteiger partial charge on any atom is 0.255 e. The highest BCUT2D eigenvalue weighted by molar-refractivity contribution is 6.05. The molecule has 3 fully saturated rings. The highest BCUT2D eigenvalue weighted by Gasteiger charge is 2.46. The van der Waals surface area contributed by atoms with E-state index in [2.05, 4.69) is 20.9 Å². The lowest BCUT2D eigenvalue weighted by Gasteiger charge is -2.48. The first-order valence-corrected chi connectivity index (χ1v) is 11.0. The van der Waals surface area contributed by atoms with Crippen LogP contribution in [0.4, 0.5) is 0 Å². The van der Waals surface area contributed by atoms with E-state index in [1.54, 1.807) is 4.90 Å². The zero-order valence-electron chi connectivity index (χ0n) is 17.4. The summed E-state index contributed by atoms with van der Waals surface area (Å²) in [6.45, 7) is 4.09. The molecule has 9 nitrogen and oxygen atoms in total. The van der Waals surface area contributed by atoms with E-state index in [9.17, 15) is 19.2 Å². The first kappa shape index (κ1) is 20.1. The summed E-state index contributed by atoms with van der Waals surface area (Å²) in [7, 11) is 0. The summed E-state index contributed by atoms with van der Waals surface area (Å²) in [5.41, 5.74) is 2.09. The second kappa shape index (κ2) is 7.72. The van der Waals surface area contributed by atoms with Gasteiger partial charge in [-0.15, -0.1) is 0 Å². The Kier molecular flexibility index (Phi) is 5.02. The molecule has 0 radical (unpaired) electrons. The Balaban J connectivity index is 1.35. The van der Waals surface area contributed by atoms with E-state index in [-0.39, 0.29) is 24.1 Å². The van der Waals surface area contributed by atoms with Gasteiger partial charge in [-0.2, -0.15) is 0 Å². The van der Waals surface area contributed by atoms with Crippen LogP contribution in [0, 0.1) is 0 Å². The van der Waals surface area contributed by atoms with E-state index in [4.69, 9.17) is 0 Å². The quantitative estimate of drug-likeness (QED) is 0.564. The molecular formula is C22H27N5O4. The van der Waals surface area contributed by atoms with Crippen LogP contribution in [-0.4, -0.2) is 71.2 Å². The summed E-state index contributed by atoms with van der Waals surface area (Å²) >= 11 is 0. The molecule has 1 spiro atoms. The summed E-state index contributed by atoms with van der Waals surface area (Å²) in [6, 6.07) is 5.20. The summed E-state index contributed by atoms with van der Waals surface area (Å²) in [6.07, 6.45) is 2.17. The van der Waals surface area contributed by atoms with Crippen molar-refractivity contribution in [3.05, 3.63) is 34.9 Å². The minimum atomic E-state index is -0.607. The summed E-state index contributed by atoms with van der Waals surface area (Å²) < 4.78 is 0. The molecule has 3 saturated heterocycles. The smallest absolute Gasteiger partial charge is 0.255 e. The molecule has 0 bridgehead atoms. The number of amides is 4. The van der Waals surface area contributed by atoms with Gasteiger partial charge >= 0.3 is 0 Å². The van der Waals surface area contributed by atoms with Gasteiger partial charge in [0.05, 0.1) is 0 Å². The van der Waals surface area contributed by atoms with Crippen molar-refractivity contribution in [1.29, 1.82) is 0 Å². The summed E-state index contributed by atoms with van der Waals surface area (Å²) in [4.78, 5) is 53.2. The van der Waals surface area contributed by atoms with Crippen molar-refractivity contribution in [2.45, 2.75) is 50.4 Å². The average Bonchev–Trinajstić information content (AvgIpc) is 3.08. The second-order valence-corrected chi connectivity index (χ2v) is 8.85. The number of carbonyl (C=O) groups excluding carboxylic acids is 4. The van der Waals surface area contributed by atoms with Gasteiger partial charge in [-0.3, -0.25) is 29.4 Å². The van der Waals surface area contributed by atoms with Gasteiger partial charge in [-0.1, -0.05) is 12.1 Å². The molecule has 4 heterocycles. The van der Waals surface area contributed by atoms with Crippen molar-refractivity contribution < 1.29 is 19.2 Å². The summed E-state index contributed by atoms with van der Waals surface area (Å²) in [5, 5.41) is 8.71. The fourth-order valence-electron chi connectivity index (χ4n) is 5.39. The van der Waals surface area contributed by atoms with Gasteiger partial charge < -0.3 is 15.5 Å². The van der Waals surface area contributed by atoms with Crippen LogP contribution >= 0.6 is 0 Å². The predicted octanol–water partition coefficient (Wildman–Crippen LogP) is -0.498. The molecule has 1 unspecified atom stereocenters.